The highest BCUT2D eigenvalue weighted by atomic mass is 16.7. The maximum atomic E-state index is 10.9. The first-order chi connectivity index (χ1) is 7.61. The van der Waals surface area contributed by atoms with E-state index in [1.165, 1.54) is 0 Å². The van der Waals surface area contributed by atoms with E-state index in [2.05, 4.69) is 0 Å². The van der Waals surface area contributed by atoms with Crippen molar-refractivity contribution in [2.75, 3.05) is 13.2 Å². The van der Waals surface area contributed by atoms with Gasteiger partial charge in [-0.25, -0.2) is 0 Å². The lowest BCUT2D eigenvalue weighted by atomic mass is 9.91. The van der Waals surface area contributed by atoms with Crippen molar-refractivity contribution in [3.63, 3.8) is 0 Å². The van der Waals surface area contributed by atoms with Crippen LogP contribution in [0, 0.1) is 0 Å². The lowest BCUT2D eigenvalue weighted by Crippen LogP contribution is -2.40. The largest absolute Gasteiger partial charge is 0.367 e. The molecule has 1 saturated carbocycles. The van der Waals surface area contributed by atoms with Crippen LogP contribution in [0.15, 0.2) is 0 Å². The second kappa shape index (κ2) is 4.69. The van der Waals surface area contributed by atoms with Crippen molar-refractivity contribution < 1.29 is 19.0 Å². The molecule has 1 aliphatic carbocycles. The summed E-state index contributed by atoms with van der Waals surface area (Å²) in [7, 11) is 0. The maximum Gasteiger partial charge on any atom is 0.246 e. The molecule has 0 aromatic heterocycles. The molecule has 0 aromatic carbocycles. The summed E-state index contributed by atoms with van der Waals surface area (Å²) in [5, 5.41) is 0. The number of ether oxygens (including phenoxy) is 3. The Balaban J connectivity index is 1.78. The maximum absolute atomic E-state index is 10.9. The number of rotatable bonds is 3. The van der Waals surface area contributed by atoms with Crippen LogP contribution >= 0.6 is 0 Å². The van der Waals surface area contributed by atoms with Crippen molar-refractivity contribution in [2.24, 2.45) is 5.73 Å². The molecule has 5 heteroatoms. The van der Waals surface area contributed by atoms with Gasteiger partial charge in [-0.05, 0) is 19.8 Å². The van der Waals surface area contributed by atoms with Gasteiger partial charge in [0.1, 0.15) is 6.10 Å². The van der Waals surface area contributed by atoms with E-state index in [1.54, 1.807) is 6.92 Å². The van der Waals surface area contributed by atoms with Crippen molar-refractivity contribution in [1.82, 2.24) is 0 Å². The van der Waals surface area contributed by atoms with Crippen LogP contribution in [0.2, 0.25) is 0 Å². The first-order valence-electron chi connectivity index (χ1n) is 5.84. The number of primary amides is 1. The van der Waals surface area contributed by atoms with E-state index in [9.17, 15) is 4.79 Å². The lowest BCUT2D eigenvalue weighted by molar-refractivity contribution is -0.195. The minimum Gasteiger partial charge on any atom is -0.367 e. The molecule has 1 heterocycles. The topological polar surface area (TPSA) is 70.8 Å². The molecule has 1 spiro atoms. The average molecular weight is 229 g/mol. The molecule has 2 N–H and O–H groups in total. The molecule has 5 nitrogen and oxygen atoms in total. The number of hydrogen-bond donors (Lipinski definition) is 1. The number of nitrogens with two attached hydrogens (primary N) is 1. The molecule has 92 valence electrons. The summed E-state index contributed by atoms with van der Waals surface area (Å²) in [4.78, 5) is 10.9. The Bertz CT molecular complexity index is 253. The van der Waals surface area contributed by atoms with Crippen LogP contribution in [-0.4, -0.2) is 37.1 Å². The summed E-state index contributed by atoms with van der Waals surface area (Å²) < 4.78 is 16.8. The standard InChI is InChI=1S/C11H19NO4/c1-8(10(12)13)16-9-2-4-11(5-3-9)14-6-7-15-11/h8-9H,2-7H2,1H3,(H2,12,13). The molecule has 1 amide bonds. The lowest BCUT2D eigenvalue weighted by Gasteiger charge is -2.35. The highest BCUT2D eigenvalue weighted by molar-refractivity contribution is 5.78. The van der Waals surface area contributed by atoms with Crippen LogP contribution in [0.1, 0.15) is 32.6 Å². The van der Waals surface area contributed by atoms with Gasteiger partial charge >= 0.3 is 0 Å². The Morgan fingerprint density at radius 1 is 1.38 bits per heavy atom. The molecule has 1 saturated heterocycles. The van der Waals surface area contributed by atoms with Gasteiger partial charge in [-0.1, -0.05) is 0 Å². The van der Waals surface area contributed by atoms with Gasteiger partial charge in [0.05, 0.1) is 19.3 Å². The van der Waals surface area contributed by atoms with Gasteiger partial charge in [0.2, 0.25) is 5.91 Å². The molecule has 16 heavy (non-hydrogen) atoms. The highest BCUT2D eigenvalue weighted by Crippen LogP contribution is 2.36. The van der Waals surface area contributed by atoms with Crippen LogP contribution in [0.4, 0.5) is 0 Å². The molecule has 2 rings (SSSR count). The van der Waals surface area contributed by atoms with Crippen LogP contribution in [-0.2, 0) is 19.0 Å². The van der Waals surface area contributed by atoms with Gasteiger partial charge in [0.15, 0.2) is 5.79 Å². The van der Waals surface area contributed by atoms with Crippen molar-refractivity contribution >= 4 is 5.91 Å². The smallest absolute Gasteiger partial charge is 0.246 e. The van der Waals surface area contributed by atoms with E-state index in [4.69, 9.17) is 19.9 Å². The third kappa shape index (κ3) is 2.53. The predicted octanol–water partition coefficient (Wildman–Crippen LogP) is 0.562. The Morgan fingerprint density at radius 2 is 1.94 bits per heavy atom. The Labute approximate surface area is 95.2 Å². The molecule has 0 aromatic rings. The van der Waals surface area contributed by atoms with E-state index >= 15 is 0 Å². The van der Waals surface area contributed by atoms with Crippen molar-refractivity contribution in [3.05, 3.63) is 0 Å². The van der Waals surface area contributed by atoms with Gasteiger partial charge in [0.25, 0.3) is 0 Å². The zero-order chi connectivity index (χ0) is 11.6. The van der Waals surface area contributed by atoms with Gasteiger partial charge in [-0.2, -0.15) is 0 Å². The molecule has 1 atom stereocenters. The second-order valence-electron chi connectivity index (χ2n) is 4.49. The van der Waals surface area contributed by atoms with Gasteiger partial charge in [-0.15, -0.1) is 0 Å². The molecule has 2 aliphatic rings. The van der Waals surface area contributed by atoms with E-state index in [-0.39, 0.29) is 11.9 Å². The van der Waals surface area contributed by atoms with Crippen LogP contribution in [0.25, 0.3) is 0 Å². The first-order valence-corrected chi connectivity index (χ1v) is 5.84. The van der Waals surface area contributed by atoms with E-state index in [0.29, 0.717) is 13.2 Å². The van der Waals surface area contributed by atoms with E-state index in [0.717, 1.165) is 25.7 Å². The third-order valence-electron chi connectivity index (χ3n) is 3.31. The number of carbonyl (C=O) groups is 1. The van der Waals surface area contributed by atoms with Crippen LogP contribution in [0.5, 0.6) is 0 Å². The summed E-state index contributed by atoms with van der Waals surface area (Å²) in [6, 6.07) is 0. The predicted molar refractivity (Wildman–Crippen MR) is 56.6 cm³/mol. The summed E-state index contributed by atoms with van der Waals surface area (Å²) in [6.45, 7) is 3.06. The summed E-state index contributed by atoms with van der Waals surface area (Å²) >= 11 is 0. The summed E-state index contributed by atoms with van der Waals surface area (Å²) in [5.41, 5.74) is 5.16. The third-order valence-corrected chi connectivity index (χ3v) is 3.31. The van der Waals surface area contributed by atoms with Gasteiger partial charge in [-0.3, -0.25) is 4.79 Å². The molecule has 0 bridgehead atoms. The summed E-state index contributed by atoms with van der Waals surface area (Å²) in [6.07, 6.45) is 2.98. The zero-order valence-electron chi connectivity index (χ0n) is 9.61. The van der Waals surface area contributed by atoms with Gasteiger partial charge < -0.3 is 19.9 Å². The van der Waals surface area contributed by atoms with Gasteiger partial charge in [0, 0.05) is 12.8 Å². The van der Waals surface area contributed by atoms with Crippen LogP contribution < -0.4 is 5.73 Å². The molecular weight excluding hydrogens is 210 g/mol. The fourth-order valence-electron chi connectivity index (χ4n) is 2.31. The van der Waals surface area contributed by atoms with Crippen molar-refractivity contribution in [2.45, 2.75) is 50.6 Å². The van der Waals surface area contributed by atoms with Crippen molar-refractivity contribution in [3.8, 4) is 0 Å². The van der Waals surface area contributed by atoms with E-state index < -0.39 is 12.0 Å². The van der Waals surface area contributed by atoms with Crippen molar-refractivity contribution in [1.29, 1.82) is 0 Å². The van der Waals surface area contributed by atoms with Crippen LogP contribution in [0.3, 0.4) is 0 Å². The Kier molecular flexibility index (Phi) is 3.47. The Hall–Kier alpha value is -0.650. The fourth-order valence-corrected chi connectivity index (χ4v) is 2.31. The second-order valence-corrected chi connectivity index (χ2v) is 4.49. The Morgan fingerprint density at radius 3 is 2.44 bits per heavy atom. The molecule has 1 unspecified atom stereocenters. The average Bonchev–Trinajstić information content (AvgIpc) is 2.70. The minimum absolute atomic E-state index is 0.0981. The zero-order valence-corrected chi connectivity index (χ0v) is 9.61. The summed E-state index contributed by atoms with van der Waals surface area (Å²) in [5.74, 6) is -0.774. The number of carbonyl (C=O) groups excluding carboxylic acids is 1. The normalized spacial score (nSPS) is 27.1. The SMILES string of the molecule is CC(OC1CCC2(CC1)OCCO2)C(N)=O. The molecule has 2 fully saturated rings. The number of hydrogen-bond acceptors (Lipinski definition) is 4. The first kappa shape index (κ1) is 11.8. The molecular formula is C11H19NO4. The fraction of sp³-hybridized carbons (Fsp3) is 0.909. The highest BCUT2D eigenvalue weighted by Gasteiger charge is 2.40. The molecule has 1 aliphatic heterocycles. The minimum atomic E-state index is -0.510. The number of amides is 1. The molecule has 0 radical (unpaired) electrons. The van der Waals surface area contributed by atoms with E-state index in [1.807, 2.05) is 0 Å². The monoisotopic (exact) mass is 229 g/mol. The quantitative estimate of drug-likeness (QED) is 0.767.